The van der Waals surface area contributed by atoms with Crippen LogP contribution in [-0.2, 0) is 12.8 Å². The quantitative estimate of drug-likeness (QED) is 0.654. The number of aryl methyl sites for hydroxylation is 2. The minimum Gasteiger partial charge on any atom is -0.503 e. The molecule has 1 aliphatic carbocycles. The van der Waals surface area contributed by atoms with Crippen molar-refractivity contribution in [3.05, 3.63) is 98.7 Å². The number of fused-ring (bicyclic) bond motifs is 3. The summed E-state index contributed by atoms with van der Waals surface area (Å²) < 4.78 is 16.9. The molecule has 2 aliphatic rings. The average molecular weight is 418 g/mol. The molecule has 3 aromatic rings. The number of halogens is 1. The van der Waals surface area contributed by atoms with E-state index in [2.05, 4.69) is 6.07 Å². The standard InChI is InChI=1S/C25H23FN2O3/c1-25(2)14-28(27-13-12-19(29)23(30)22(27)24(25)31)21-17-8-4-3-6-15(17)10-11-16-7-5-9-18(26)20(16)21/h3-9,12-13,21,30H,10-11,14H2,1-2H3. The molecule has 1 aliphatic heterocycles. The Labute approximate surface area is 179 Å². The van der Waals surface area contributed by atoms with Crippen LogP contribution in [0.15, 0.2) is 59.5 Å². The van der Waals surface area contributed by atoms with E-state index in [4.69, 9.17) is 0 Å². The zero-order valence-electron chi connectivity index (χ0n) is 17.4. The predicted molar refractivity (Wildman–Crippen MR) is 116 cm³/mol. The van der Waals surface area contributed by atoms with Crippen LogP contribution in [0.25, 0.3) is 0 Å². The molecule has 1 N–H and O–H groups in total. The number of nitrogens with zero attached hydrogens (tertiary/aromatic N) is 2. The van der Waals surface area contributed by atoms with Gasteiger partial charge in [0, 0.05) is 29.8 Å². The molecule has 2 aromatic carbocycles. The number of benzene rings is 2. The van der Waals surface area contributed by atoms with Gasteiger partial charge >= 0.3 is 0 Å². The summed E-state index contributed by atoms with van der Waals surface area (Å²) >= 11 is 0. The molecular formula is C25H23FN2O3. The van der Waals surface area contributed by atoms with Crippen LogP contribution in [0.5, 0.6) is 5.75 Å². The topological polar surface area (TPSA) is 62.5 Å². The van der Waals surface area contributed by atoms with E-state index in [1.165, 1.54) is 23.0 Å². The van der Waals surface area contributed by atoms with Gasteiger partial charge in [-0.15, -0.1) is 0 Å². The molecule has 0 saturated carbocycles. The number of carbonyl (C=O) groups is 1. The first-order chi connectivity index (χ1) is 14.8. The molecule has 0 fully saturated rings. The number of ketones is 1. The largest absolute Gasteiger partial charge is 0.503 e. The van der Waals surface area contributed by atoms with Gasteiger partial charge in [-0.2, -0.15) is 0 Å². The van der Waals surface area contributed by atoms with Gasteiger partial charge in [-0.1, -0.05) is 50.2 Å². The third-order valence-corrected chi connectivity index (χ3v) is 6.45. The zero-order valence-corrected chi connectivity index (χ0v) is 17.4. The van der Waals surface area contributed by atoms with E-state index in [1.54, 1.807) is 19.9 Å². The van der Waals surface area contributed by atoms with Crippen LogP contribution < -0.4 is 10.4 Å². The lowest BCUT2D eigenvalue weighted by Crippen LogP contribution is -2.54. The predicted octanol–water partition coefficient (Wildman–Crippen LogP) is 3.74. The van der Waals surface area contributed by atoms with Crippen molar-refractivity contribution in [2.45, 2.75) is 32.7 Å². The highest BCUT2D eigenvalue weighted by Crippen LogP contribution is 2.41. The van der Waals surface area contributed by atoms with Gasteiger partial charge in [0.15, 0.2) is 17.2 Å². The molecule has 0 bridgehead atoms. The molecule has 0 spiro atoms. The van der Waals surface area contributed by atoms with Gasteiger partial charge in [0.2, 0.25) is 5.43 Å². The third kappa shape index (κ3) is 2.89. The van der Waals surface area contributed by atoms with Crippen LogP contribution in [0.3, 0.4) is 0 Å². The van der Waals surface area contributed by atoms with Crippen molar-refractivity contribution in [3.8, 4) is 5.75 Å². The van der Waals surface area contributed by atoms with Gasteiger partial charge in [-0.25, -0.2) is 4.39 Å². The Morgan fingerprint density at radius 1 is 1.00 bits per heavy atom. The van der Waals surface area contributed by atoms with Gasteiger partial charge in [0.1, 0.15) is 5.82 Å². The third-order valence-electron chi connectivity index (χ3n) is 6.45. The van der Waals surface area contributed by atoms with Crippen LogP contribution in [0.1, 0.15) is 52.6 Å². The molecule has 5 nitrogen and oxygen atoms in total. The van der Waals surface area contributed by atoms with Crippen LogP contribution in [0.2, 0.25) is 0 Å². The Hall–Kier alpha value is -3.41. The normalized spacial score (nSPS) is 19.3. The number of Topliss-reactive ketones (excluding diaryl/α,β-unsaturated/α-hetero) is 1. The van der Waals surface area contributed by atoms with E-state index < -0.39 is 22.6 Å². The van der Waals surface area contributed by atoms with Crippen LogP contribution in [-0.4, -0.2) is 22.1 Å². The maximum Gasteiger partial charge on any atom is 0.224 e. The van der Waals surface area contributed by atoms with Gasteiger partial charge in [0.05, 0.1) is 6.04 Å². The average Bonchev–Trinajstić information content (AvgIpc) is 2.91. The van der Waals surface area contributed by atoms with E-state index in [0.29, 0.717) is 18.5 Å². The van der Waals surface area contributed by atoms with E-state index in [-0.39, 0.29) is 17.3 Å². The van der Waals surface area contributed by atoms with Crippen molar-refractivity contribution in [2.24, 2.45) is 5.41 Å². The first kappa shape index (κ1) is 19.5. The summed E-state index contributed by atoms with van der Waals surface area (Å²) in [6.45, 7) is 3.87. The van der Waals surface area contributed by atoms with Crippen molar-refractivity contribution in [3.63, 3.8) is 0 Å². The van der Waals surface area contributed by atoms with Gasteiger partial charge in [0.25, 0.3) is 0 Å². The minimum absolute atomic E-state index is 0.0524. The number of carbonyl (C=O) groups excluding carboxylic acids is 1. The van der Waals surface area contributed by atoms with E-state index in [9.17, 15) is 14.7 Å². The summed E-state index contributed by atoms with van der Waals surface area (Å²) in [5, 5.41) is 12.4. The van der Waals surface area contributed by atoms with Crippen LogP contribution in [0, 0.1) is 11.2 Å². The highest BCUT2D eigenvalue weighted by Gasteiger charge is 2.44. The molecule has 1 atom stereocenters. The van der Waals surface area contributed by atoms with Crippen molar-refractivity contribution >= 4 is 5.78 Å². The lowest BCUT2D eigenvalue weighted by molar-refractivity contribution is 0.0786. The number of aromatic hydroxyl groups is 1. The minimum atomic E-state index is -0.877. The molecule has 0 radical (unpaired) electrons. The fraction of sp³-hybridized carbons (Fsp3) is 0.280. The first-order valence-electron chi connectivity index (χ1n) is 10.4. The summed E-state index contributed by atoms with van der Waals surface area (Å²) in [6, 6.07) is 13.8. The monoisotopic (exact) mass is 418 g/mol. The molecule has 6 heteroatoms. The number of rotatable bonds is 1. The SMILES string of the molecule is CC1(C)CN(C2c3ccccc3CCc3cccc(F)c32)n2ccc(=O)c(O)c2C1=O. The number of hydrogen-bond donors (Lipinski definition) is 1. The molecule has 0 amide bonds. The Morgan fingerprint density at radius 2 is 1.71 bits per heavy atom. The second-order valence-corrected chi connectivity index (χ2v) is 8.95. The Morgan fingerprint density at radius 3 is 2.52 bits per heavy atom. The van der Waals surface area contributed by atoms with Crippen molar-refractivity contribution < 1.29 is 14.3 Å². The van der Waals surface area contributed by atoms with E-state index in [1.807, 2.05) is 29.3 Å². The number of hydrogen-bond acceptors (Lipinski definition) is 4. The summed E-state index contributed by atoms with van der Waals surface area (Å²) in [7, 11) is 0. The second kappa shape index (κ2) is 6.80. The fourth-order valence-corrected chi connectivity index (χ4v) is 4.90. The Balaban J connectivity index is 1.84. The first-order valence-corrected chi connectivity index (χ1v) is 10.4. The molecule has 0 saturated heterocycles. The molecule has 158 valence electrons. The van der Waals surface area contributed by atoms with Crippen LogP contribution in [0.4, 0.5) is 4.39 Å². The molecule has 1 aromatic heterocycles. The highest BCUT2D eigenvalue weighted by molar-refractivity contribution is 6.02. The fourth-order valence-electron chi connectivity index (χ4n) is 4.90. The molecule has 31 heavy (non-hydrogen) atoms. The lowest BCUT2D eigenvalue weighted by Gasteiger charge is -2.45. The molecule has 5 rings (SSSR count). The highest BCUT2D eigenvalue weighted by atomic mass is 19.1. The van der Waals surface area contributed by atoms with Gasteiger partial charge in [-0.3, -0.25) is 19.3 Å². The molecule has 1 unspecified atom stereocenters. The van der Waals surface area contributed by atoms with Gasteiger partial charge < -0.3 is 5.11 Å². The smallest absolute Gasteiger partial charge is 0.224 e. The van der Waals surface area contributed by atoms with Crippen molar-refractivity contribution in [1.29, 1.82) is 0 Å². The number of aromatic nitrogens is 1. The summed E-state index contributed by atoms with van der Waals surface area (Å²) in [4.78, 5) is 25.3. The second-order valence-electron chi connectivity index (χ2n) is 8.95. The summed E-state index contributed by atoms with van der Waals surface area (Å²) in [5.74, 6) is -1.18. The number of pyridine rings is 1. The lowest BCUT2D eigenvalue weighted by atomic mass is 9.82. The van der Waals surface area contributed by atoms with Crippen LogP contribution >= 0.6 is 0 Å². The maximum absolute atomic E-state index is 15.3. The van der Waals surface area contributed by atoms with Crippen molar-refractivity contribution in [2.75, 3.05) is 11.6 Å². The summed E-state index contributed by atoms with van der Waals surface area (Å²) in [6.07, 6.45) is 2.99. The van der Waals surface area contributed by atoms with Gasteiger partial charge in [-0.05, 0) is 35.6 Å². The summed E-state index contributed by atoms with van der Waals surface area (Å²) in [5.41, 5.74) is 2.03. The zero-order chi connectivity index (χ0) is 21.9. The molecular weight excluding hydrogens is 395 g/mol. The maximum atomic E-state index is 15.3. The molecule has 2 heterocycles. The Bertz CT molecular complexity index is 1280. The van der Waals surface area contributed by atoms with Crippen molar-refractivity contribution in [1.82, 2.24) is 4.68 Å². The van der Waals surface area contributed by atoms with E-state index >= 15 is 4.39 Å². The Kier molecular flexibility index (Phi) is 4.29. The van der Waals surface area contributed by atoms with E-state index in [0.717, 1.165) is 23.1 Å².